The molecular formula is C82H82ClN9O25. The standard InChI is InChI=1S/C19H20N2O7.C19H22N2O5.C18H20N2O5.C14H11NO6.C12H9ClN2O2/c1-3-26-19(23)12-20(2)18(22)13-27-16-6-4-5-7-17(16)28-15-10-8-14(9-11-15)21(24)25;1-3-24-19(23)12-21(2)18(22)13-25-16-6-4-5-7-17(16)26-15-10-8-14(20)9-11-15;1-20(11-18(22)23-2)17(21)12-24-15-5-3-4-6-16(15)25-14-9-7-13(19)8-10-14;16-14(17)9-20-12-3-1-2-4-13(12)21-11-7-5-10(6-8-11)15(18)19;1-16-10-3-8-9(4-11(10)17-2)15-6-7(5-14)12(8)13/h4-11H,3,12-13H2,1-2H3;4-11H,3,12-13,20H2,1-2H3;3-10H,11-12,19H2,1-2H3;1-8H,9H2,(H,16,17);3-4,6H,1-2H3. The summed E-state index contributed by atoms with van der Waals surface area (Å²) in [5.41, 5.74) is 13.5. The van der Waals surface area contributed by atoms with E-state index in [0.29, 0.717) is 108 Å². The van der Waals surface area contributed by atoms with Gasteiger partial charge >= 0.3 is 23.9 Å². The number of nitrogens with zero attached hydrogens (tertiary/aromatic N) is 7. The zero-order valence-electron chi connectivity index (χ0n) is 64.5. The number of nitro groups is 2. The van der Waals surface area contributed by atoms with Crippen LogP contribution in [0.1, 0.15) is 19.4 Å². The minimum atomic E-state index is -1.10. The molecule has 612 valence electrons. The Morgan fingerprint density at radius 1 is 0.453 bits per heavy atom. The molecule has 0 spiro atoms. The summed E-state index contributed by atoms with van der Waals surface area (Å²) in [6, 6.07) is 57.7. The number of aliphatic carboxylic acids is 1. The summed E-state index contributed by atoms with van der Waals surface area (Å²) in [7, 11) is 8.84. The van der Waals surface area contributed by atoms with Crippen molar-refractivity contribution in [1.29, 1.82) is 5.26 Å². The lowest BCUT2D eigenvalue weighted by Crippen LogP contribution is -2.36. The molecule has 0 saturated heterocycles. The van der Waals surface area contributed by atoms with Gasteiger partial charge in [-0.1, -0.05) is 60.1 Å². The second kappa shape index (κ2) is 47.3. The fraction of sp³-hybridized carbons (Fsp3) is 0.207. The summed E-state index contributed by atoms with van der Waals surface area (Å²) in [4.78, 5) is 109. The molecule has 5 N–H and O–H groups in total. The average molecular weight is 1630 g/mol. The van der Waals surface area contributed by atoms with Gasteiger partial charge in [-0.3, -0.25) is 54.0 Å². The molecule has 9 aromatic carbocycles. The van der Waals surface area contributed by atoms with E-state index in [-0.39, 0.29) is 81.6 Å². The Labute approximate surface area is 675 Å². The van der Waals surface area contributed by atoms with Gasteiger partial charge in [-0.05, 0) is 141 Å². The van der Waals surface area contributed by atoms with Crippen LogP contribution in [0.5, 0.6) is 80.5 Å². The number of methoxy groups -OCH3 is 3. The lowest BCUT2D eigenvalue weighted by molar-refractivity contribution is -0.385. The fourth-order valence-corrected chi connectivity index (χ4v) is 9.49. The SMILES string of the molecule is CCOC(=O)CN(C)C(=O)COc1ccccc1Oc1ccc(N)cc1.CCOC(=O)CN(C)C(=O)COc1ccccc1Oc1ccc([N+](=O)[O-])cc1.COC(=O)CN(C)C(=O)COc1ccccc1Oc1ccc(N)cc1.COc1cc2ncc(C#N)c(Cl)c2cc1OC.O=C(O)COc1ccccc1Oc1ccc([N+](=O)[O-])cc1. The van der Waals surface area contributed by atoms with Crippen LogP contribution in [0, 0.1) is 31.6 Å². The Hall–Kier alpha value is -15.1. The number of nitrogen functional groups attached to an aromatic ring is 2. The third-order valence-corrected chi connectivity index (χ3v) is 15.6. The number of amides is 3. The van der Waals surface area contributed by atoms with Crippen molar-refractivity contribution in [3.8, 4) is 86.6 Å². The number of para-hydroxylation sites is 8. The Balaban J connectivity index is 0.000000229. The first-order chi connectivity index (χ1) is 56.1. The number of carboxylic acid groups (broad SMARTS) is 1. The van der Waals surface area contributed by atoms with Gasteiger partial charge in [0.1, 0.15) is 48.7 Å². The zero-order valence-corrected chi connectivity index (χ0v) is 65.2. The Kier molecular flexibility index (Phi) is 36.7. The van der Waals surface area contributed by atoms with Gasteiger partial charge in [-0.2, -0.15) is 5.26 Å². The summed E-state index contributed by atoms with van der Waals surface area (Å²) < 4.78 is 69.0. The number of rotatable bonds is 32. The fourth-order valence-electron chi connectivity index (χ4n) is 9.24. The molecule has 0 aliphatic carbocycles. The molecule has 0 unspecified atom stereocenters. The highest BCUT2D eigenvalue weighted by atomic mass is 35.5. The van der Waals surface area contributed by atoms with Crippen molar-refractivity contribution in [2.75, 3.05) is 113 Å². The number of fused-ring (bicyclic) bond motifs is 1. The molecule has 10 aromatic rings. The number of anilines is 2. The van der Waals surface area contributed by atoms with Gasteiger partial charge in [0.2, 0.25) is 0 Å². The Morgan fingerprint density at radius 2 is 0.752 bits per heavy atom. The van der Waals surface area contributed by atoms with Gasteiger partial charge in [0.15, 0.2) is 83.9 Å². The Bertz CT molecular complexity index is 5040. The molecule has 10 rings (SSSR count). The van der Waals surface area contributed by atoms with Crippen LogP contribution in [-0.2, 0) is 47.8 Å². The van der Waals surface area contributed by atoms with E-state index in [9.17, 15) is 53.8 Å². The molecule has 0 aliphatic heterocycles. The summed E-state index contributed by atoms with van der Waals surface area (Å²) in [5.74, 6) is 2.47. The second-order valence-corrected chi connectivity index (χ2v) is 24.0. The number of carbonyl (C=O) groups excluding carboxylic acids is 6. The van der Waals surface area contributed by atoms with Crippen molar-refractivity contribution in [1.82, 2.24) is 19.7 Å². The summed E-state index contributed by atoms with van der Waals surface area (Å²) in [6.45, 7) is 2.24. The first-order valence-electron chi connectivity index (χ1n) is 34.9. The molecule has 0 radical (unpaired) electrons. The van der Waals surface area contributed by atoms with E-state index in [1.165, 1.54) is 97.7 Å². The molecule has 0 atom stereocenters. The second-order valence-electron chi connectivity index (χ2n) is 23.6. The lowest BCUT2D eigenvalue weighted by Gasteiger charge is -2.17. The maximum absolute atomic E-state index is 12.1. The van der Waals surface area contributed by atoms with Crippen molar-refractivity contribution < 1.29 is 110 Å². The third-order valence-electron chi connectivity index (χ3n) is 15.2. The van der Waals surface area contributed by atoms with E-state index in [2.05, 4.69) is 9.72 Å². The monoisotopic (exact) mass is 1630 g/mol. The minimum absolute atomic E-state index is 0.0437. The highest BCUT2D eigenvalue weighted by Crippen LogP contribution is 2.38. The van der Waals surface area contributed by atoms with Crippen LogP contribution in [-0.4, -0.2) is 178 Å². The number of aromatic nitrogens is 1. The van der Waals surface area contributed by atoms with Crippen molar-refractivity contribution in [2.24, 2.45) is 0 Å². The van der Waals surface area contributed by atoms with E-state index >= 15 is 0 Å². The number of hydrogen-bond acceptors (Lipinski definition) is 28. The predicted octanol–water partition coefficient (Wildman–Crippen LogP) is 12.9. The van der Waals surface area contributed by atoms with Gasteiger partial charge in [-0.25, -0.2) is 4.79 Å². The largest absolute Gasteiger partial charge is 0.493 e. The van der Waals surface area contributed by atoms with Crippen molar-refractivity contribution >= 4 is 86.9 Å². The first-order valence-corrected chi connectivity index (χ1v) is 35.2. The Morgan fingerprint density at radius 3 is 1.04 bits per heavy atom. The van der Waals surface area contributed by atoms with E-state index in [4.69, 9.17) is 90.3 Å². The average Bonchev–Trinajstić information content (AvgIpc) is 0.790. The number of carboxylic acids is 1. The molecule has 1 aromatic heterocycles. The number of carbonyl (C=O) groups is 7. The molecule has 0 bridgehead atoms. The zero-order chi connectivity index (χ0) is 85.3. The van der Waals surface area contributed by atoms with E-state index < -0.39 is 46.2 Å². The smallest absolute Gasteiger partial charge is 0.341 e. The number of nitriles is 1. The van der Waals surface area contributed by atoms with Crippen molar-refractivity contribution in [3.63, 3.8) is 0 Å². The normalized spacial score (nSPS) is 10.0. The van der Waals surface area contributed by atoms with Crippen LogP contribution >= 0.6 is 11.6 Å². The number of non-ortho nitro benzene ring substituents is 2. The van der Waals surface area contributed by atoms with Gasteiger partial charge in [0.05, 0.1) is 60.5 Å². The topological polar surface area (TPSA) is 444 Å². The van der Waals surface area contributed by atoms with E-state index in [0.717, 1.165) is 0 Å². The van der Waals surface area contributed by atoms with Crippen molar-refractivity contribution in [3.05, 3.63) is 243 Å². The number of ether oxygens (including phenoxy) is 13. The number of nitro benzene ring substituents is 2. The number of esters is 3. The summed E-state index contributed by atoms with van der Waals surface area (Å²) >= 11 is 6.11. The molecule has 35 heteroatoms. The van der Waals surface area contributed by atoms with Gasteiger partial charge < -0.3 is 92.9 Å². The predicted molar refractivity (Wildman–Crippen MR) is 426 cm³/mol. The first kappa shape index (κ1) is 90.7. The number of pyridine rings is 1. The maximum Gasteiger partial charge on any atom is 0.341 e. The van der Waals surface area contributed by atoms with Gasteiger partial charge in [0, 0.05) is 74.4 Å². The molecule has 1 heterocycles. The third kappa shape index (κ3) is 30.5. The highest BCUT2D eigenvalue weighted by Gasteiger charge is 2.21. The molecular weight excluding hydrogens is 1550 g/mol. The maximum atomic E-state index is 12.1. The number of halogens is 1. The van der Waals surface area contributed by atoms with Crippen LogP contribution in [0.25, 0.3) is 10.9 Å². The number of benzene rings is 9. The van der Waals surface area contributed by atoms with E-state index in [1.807, 2.05) is 6.07 Å². The van der Waals surface area contributed by atoms with Gasteiger partial charge in [0.25, 0.3) is 29.1 Å². The molecule has 0 aliphatic rings. The number of likely N-dealkylation sites (N-methyl/N-ethyl adjacent to an activating group) is 3. The molecule has 117 heavy (non-hydrogen) atoms. The highest BCUT2D eigenvalue weighted by molar-refractivity contribution is 6.36. The molecule has 0 saturated carbocycles. The van der Waals surface area contributed by atoms with Crippen molar-refractivity contribution in [2.45, 2.75) is 13.8 Å². The lowest BCUT2D eigenvalue weighted by atomic mass is 10.1. The van der Waals surface area contributed by atoms with Gasteiger partial charge in [-0.15, -0.1) is 0 Å². The summed E-state index contributed by atoms with van der Waals surface area (Å²) in [5, 5.41) is 39.8. The molecule has 0 fully saturated rings. The molecule has 3 amide bonds. The quantitative estimate of drug-likeness (QED) is 0.0116. The minimum Gasteiger partial charge on any atom is -0.493 e. The van der Waals surface area contributed by atoms with Crippen LogP contribution < -0.4 is 58.8 Å². The van der Waals surface area contributed by atoms with Crippen LogP contribution in [0.3, 0.4) is 0 Å². The number of hydrogen-bond donors (Lipinski definition) is 3. The van der Waals surface area contributed by atoms with Crippen LogP contribution in [0.15, 0.2) is 212 Å². The number of nitrogens with two attached hydrogens (primary N) is 2. The molecule has 34 nitrogen and oxygen atoms in total. The van der Waals surface area contributed by atoms with E-state index in [1.54, 1.807) is 186 Å². The summed E-state index contributed by atoms with van der Waals surface area (Å²) in [6.07, 6.45) is 1.44. The van der Waals surface area contributed by atoms with Crippen LogP contribution in [0.4, 0.5) is 22.7 Å². The van der Waals surface area contributed by atoms with Crippen LogP contribution in [0.2, 0.25) is 5.02 Å².